The molecule has 0 fully saturated rings. The minimum atomic E-state index is 0.426. The van der Waals surface area contributed by atoms with Crippen LogP contribution in [0.1, 0.15) is 0 Å². The van der Waals surface area contributed by atoms with Crippen LogP contribution in [-0.2, 0) is 4.74 Å². The van der Waals surface area contributed by atoms with E-state index in [1.807, 2.05) is 24.3 Å². The number of ether oxygens (including phenoxy) is 1. The zero-order chi connectivity index (χ0) is 14.9. The van der Waals surface area contributed by atoms with E-state index in [0.29, 0.717) is 23.3 Å². The predicted octanol–water partition coefficient (Wildman–Crippen LogP) is 5.11. The van der Waals surface area contributed by atoms with Crippen LogP contribution >= 0.6 is 23.2 Å². The van der Waals surface area contributed by atoms with Crippen LogP contribution < -0.4 is 0 Å². The van der Waals surface area contributed by atoms with Crippen molar-refractivity contribution in [2.75, 3.05) is 13.2 Å². The summed E-state index contributed by atoms with van der Waals surface area (Å²) in [6.07, 6.45) is 3.42. The van der Waals surface area contributed by atoms with Gasteiger partial charge in [-0.1, -0.05) is 23.2 Å². The molecule has 0 aliphatic rings. The Kier molecular flexibility index (Phi) is 6.41. The molecule has 0 bridgehead atoms. The van der Waals surface area contributed by atoms with E-state index < -0.39 is 0 Å². The maximum Gasteiger partial charge on any atom is 0.0824 e. The first-order valence-electron chi connectivity index (χ1n) is 6.38. The molecule has 2 aromatic carbocycles. The van der Waals surface area contributed by atoms with Crippen LogP contribution in [0.15, 0.2) is 58.5 Å². The third-order valence-corrected chi connectivity index (χ3v) is 3.02. The maximum absolute atomic E-state index is 5.79. The van der Waals surface area contributed by atoms with E-state index in [9.17, 15) is 0 Å². The molecule has 2 aromatic rings. The van der Waals surface area contributed by atoms with Gasteiger partial charge in [0, 0.05) is 22.5 Å². The van der Waals surface area contributed by atoms with Crippen molar-refractivity contribution < 1.29 is 4.74 Å². The normalized spacial score (nSPS) is 11.5. The lowest BCUT2D eigenvalue weighted by molar-refractivity contribution is 0.220. The highest BCUT2D eigenvalue weighted by Crippen LogP contribution is 2.16. The second kappa shape index (κ2) is 8.57. The standard InChI is InChI=1S/C16H14Cl2N2O/c17-13-1-5-15(6-2-13)19-9-11-21-12-10-20-16-7-3-14(18)4-8-16/h1-10H,11-12H2. The van der Waals surface area contributed by atoms with Crippen LogP contribution in [0.25, 0.3) is 0 Å². The van der Waals surface area contributed by atoms with Gasteiger partial charge in [0.15, 0.2) is 0 Å². The van der Waals surface area contributed by atoms with Crippen molar-refractivity contribution in [3.8, 4) is 0 Å². The van der Waals surface area contributed by atoms with Gasteiger partial charge in [-0.15, -0.1) is 0 Å². The van der Waals surface area contributed by atoms with Gasteiger partial charge >= 0.3 is 0 Å². The summed E-state index contributed by atoms with van der Waals surface area (Å²) in [6.45, 7) is 0.852. The third kappa shape index (κ3) is 6.08. The number of rotatable bonds is 6. The number of benzene rings is 2. The van der Waals surface area contributed by atoms with Crippen molar-refractivity contribution in [1.29, 1.82) is 0 Å². The smallest absolute Gasteiger partial charge is 0.0824 e. The highest BCUT2D eigenvalue weighted by atomic mass is 35.5. The van der Waals surface area contributed by atoms with Crippen LogP contribution in [0.4, 0.5) is 11.4 Å². The highest BCUT2D eigenvalue weighted by molar-refractivity contribution is 6.30. The van der Waals surface area contributed by atoms with Crippen LogP contribution in [0, 0.1) is 0 Å². The first kappa shape index (κ1) is 15.7. The summed E-state index contributed by atoms with van der Waals surface area (Å²) in [4.78, 5) is 8.49. The Morgan fingerprint density at radius 1 is 0.714 bits per heavy atom. The van der Waals surface area contributed by atoms with Crippen LogP contribution in [0.3, 0.4) is 0 Å². The van der Waals surface area contributed by atoms with Crippen molar-refractivity contribution in [2.24, 2.45) is 9.98 Å². The van der Waals surface area contributed by atoms with Gasteiger partial charge in [-0.25, -0.2) is 0 Å². The second-order valence-electron chi connectivity index (χ2n) is 4.11. The molecule has 5 heteroatoms. The monoisotopic (exact) mass is 320 g/mol. The van der Waals surface area contributed by atoms with Gasteiger partial charge in [-0.2, -0.15) is 0 Å². The molecule has 0 atom stereocenters. The predicted molar refractivity (Wildman–Crippen MR) is 90.0 cm³/mol. The fourth-order valence-electron chi connectivity index (χ4n) is 1.51. The Balaban J connectivity index is 1.67. The fourth-order valence-corrected chi connectivity index (χ4v) is 1.77. The number of halogens is 2. The summed E-state index contributed by atoms with van der Waals surface area (Å²) in [5, 5.41) is 1.40. The summed E-state index contributed by atoms with van der Waals surface area (Å²) < 4.78 is 5.37. The minimum absolute atomic E-state index is 0.426. The highest BCUT2D eigenvalue weighted by Gasteiger charge is 1.89. The lowest BCUT2D eigenvalue weighted by atomic mass is 10.3. The molecule has 0 N–H and O–H groups in total. The minimum Gasteiger partial charge on any atom is -0.370 e. The summed E-state index contributed by atoms with van der Waals surface area (Å²) in [7, 11) is 0. The quantitative estimate of drug-likeness (QED) is 0.537. The summed E-state index contributed by atoms with van der Waals surface area (Å²) in [6, 6.07) is 14.6. The molecule has 0 aliphatic heterocycles. The van der Waals surface area contributed by atoms with E-state index in [2.05, 4.69) is 9.98 Å². The van der Waals surface area contributed by atoms with Crippen LogP contribution in [0.2, 0.25) is 10.0 Å². The molecule has 0 heterocycles. The number of hydrogen-bond donors (Lipinski definition) is 0. The van der Waals surface area contributed by atoms with Gasteiger partial charge < -0.3 is 4.74 Å². The van der Waals surface area contributed by atoms with Crippen molar-refractivity contribution in [1.82, 2.24) is 0 Å². The van der Waals surface area contributed by atoms with Crippen molar-refractivity contribution in [2.45, 2.75) is 0 Å². The number of hydrogen-bond acceptors (Lipinski definition) is 3. The maximum atomic E-state index is 5.79. The molecule has 0 saturated heterocycles. The van der Waals surface area contributed by atoms with E-state index in [-0.39, 0.29) is 0 Å². The summed E-state index contributed by atoms with van der Waals surface area (Å²) in [5.74, 6) is 0. The molecule has 0 radical (unpaired) electrons. The molecule has 0 aliphatic carbocycles. The van der Waals surface area contributed by atoms with Gasteiger partial charge in [0.25, 0.3) is 0 Å². The van der Waals surface area contributed by atoms with E-state index in [4.69, 9.17) is 27.9 Å². The molecule has 3 nitrogen and oxygen atoms in total. The van der Waals surface area contributed by atoms with Gasteiger partial charge in [0.1, 0.15) is 0 Å². The molecule has 108 valence electrons. The second-order valence-corrected chi connectivity index (χ2v) is 4.99. The molecule has 0 saturated carbocycles. The Morgan fingerprint density at radius 3 is 1.48 bits per heavy atom. The molecule has 2 rings (SSSR count). The average Bonchev–Trinajstić information content (AvgIpc) is 2.50. The Labute approximate surface area is 133 Å². The van der Waals surface area contributed by atoms with E-state index >= 15 is 0 Å². The van der Waals surface area contributed by atoms with Crippen molar-refractivity contribution in [3.63, 3.8) is 0 Å². The van der Waals surface area contributed by atoms with E-state index in [0.717, 1.165) is 11.4 Å². The SMILES string of the molecule is Clc1ccc(N=CCOCC=Nc2ccc(Cl)cc2)cc1. The molecule has 0 aromatic heterocycles. The van der Waals surface area contributed by atoms with E-state index in [1.165, 1.54) is 0 Å². The number of aliphatic imine (C=N–C) groups is 2. The third-order valence-electron chi connectivity index (χ3n) is 2.52. The van der Waals surface area contributed by atoms with Crippen LogP contribution in [0.5, 0.6) is 0 Å². The molecule has 21 heavy (non-hydrogen) atoms. The summed E-state index contributed by atoms with van der Waals surface area (Å²) >= 11 is 11.6. The summed E-state index contributed by atoms with van der Waals surface area (Å²) in [5.41, 5.74) is 1.69. The topological polar surface area (TPSA) is 34.0 Å². The van der Waals surface area contributed by atoms with Crippen LogP contribution in [-0.4, -0.2) is 25.6 Å². The van der Waals surface area contributed by atoms with Gasteiger partial charge in [-0.3, -0.25) is 9.98 Å². The van der Waals surface area contributed by atoms with Gasteiger partial charge in [0.2, 0.25) is 0 Å². The fraction of sp³-hybridized carbons (Fsp3) is 0.125. The average molecular weight is 321 g/mol. The van der Waals surface area contributed by atoms with Gasteiger partial charge in [0.05, 0.1) is 24.6 Å². The first-order valence-corrected chi connectivity index (χ1v) is 7.13. The Hall–Kier alpha value is -1.68. The molecular formula is C16H14Cl2N2O. The Morgan fingerprint density at radius 2 is 1.10 bits per heavy atom. The molecule has 0 spiro atoms. The molecule has 0 unspecified atom stereocenters. The van der Waals surface area contributed by atoms with Crippen molar-refractivity contribution >= 4 is 47.0 Å². The van der Waals surface area contributed by atoms with Crippen molar-refractivity contribution in [3.05, 3.63) is 58.6 Å². The lowest BCUT2D eigenvalue weighted by Crippen LogP contribution is -1.98. The zero-order valence-electron chi connectivity index (χ0n) is 11.2. The molecular weight excluding hydrogens is 307 g/mol. The first-order chi connectivity index (χ1) is 10.2. The van der Waals surface area contributed by atoms with Gasteiger partial charge in [-0.05, 0) is 48.5 Å². The Bertz CT molecular complexity index is 552. The van der Waals surface area contributed by atoms with E-state index in [1.54, 1.807) is 36.7 Å². The largest absolute Gasteiger partial charge is 0.370 e. The lowest BCUT2D eigenvalue weighted by Gasteiger charge is -1.96. The number of nitrogens with zero attached hydrogens (tertiary/aromatic N) is 2. The molecule has 0 amide bonds. The zero-order valence-corrected chi connectivity index (χ0v) is 12.8.